The van der Waals surface area contributed by atoms with Crippen molar-refractivity contribution >= 4 is 39.3 Å². The highest BCUT2D eigenvalue weighted by atomic mass is 32.2. The average molecular weight is 568 g/mol. The molecule has 0 aliphatic carbocycles. The second-order valence-electron chi connectivity index (χ2n) is 9.29. The lowest BCUT2D eigenvalue weighted by Gasteiger charge is -2.33. The molecule has 1 atom stereocenters. The van der Waals surface area contributed by atoms with Crippen molar-refractivity contribution in [2.75, 3.05) is 23.7 Å². The van der Waals surface area contributed by atoms with Gasteiger partial charge in [0.2, 0.25) is 11.8 Å². The highest BCUT2D eigenvalue weighted by Gasteiger charge is 2.33. The maximum atomic E-state index is 14.0. The molecule has 3 aromatic carbocycles. The lowest BCUT2D eigenvalue weighted by molar-refractivity contribution is -0.140. The summed E-state index contributed by atoms with van der Waals surface area (Å²) in [5.41, 5.74) is 3.23. The van der Waals surface area contributed by atoms with Crippen molar-refractivity contribution in [3.63, 3.8) is 0 Å². The molecule has 0 radical (unpaired) electrons. The van der Waals surface area contributed by atoms with Crippen molar-refractivity contribution in [2.45, 2.75) is 56.5 Å². The second kappa shape index (κ2) is 13.7. The molecule has 3 rings (SSSR count). The summed E-state index contributed by atoms with van der Waals surface area (Å²) in [5, 5.41) is 2.82. The minimum atomic E-state index is -4.09. The van der Waals surface area contributed by atoms with Crippen LogP contribution >= 0.6 is 11.8 Å². The Kier molecular flexibility index (Phi) is 10.6. The van der Waals surface area contributed by atoms with Crippen LogP contribution in [-0.4, -0.2) is 50.5 Å². The van der Waals surface area contributed by atoms with Gasteiger partial charge in [0.25, 0.3) is 10.0 Å². The Balaban J connectivity index is 2.06. The van der Waals surface area contributed by atoms with Crippen molar-refractivity contribution in [1.82, 2.24) is 10.2 Å². The first kappa shape index (κ1) is 30.2. The summed E-state index contributed by atoms with van der Waals surface area (Å²) in [6.07, 6.45) is 2.31. The number of carbonyl (C=O) groups is 2. The third kappa shape index (κ3) is 7.42. The number of carbonyl (C=O) groups excluding carboxylic acids is 2. The molecular formula is C30H37N3O4S2. The summed E-state index contributed by atoms with van der Waals surface area (Å²) in [6.45, 7) is 7.70. The van der Waals surface area contributed by atoms with Gasteiger partial charge in [0.05, 0.1) is 10.6 Å². The molecule has 0 aromatic heterocycles. The van der Waals surface area contributed by atoms with Crippen LogP contribution in [0.15, 0.2) is 82.6 Å². The number of hydrogen-bond donors (Lipinski definition) is 1. The Labute approximate surface area is 236 Å². The van der Waals surface area contributed by atoms with Crippen molar-refractivity contribution < 1.29 is 18.0 Å². The molecule has 0 saturated carbocycles. The van der Waals surface area contributed by atoms with Gasteiger partial charge in [0.1, 0.15) is 12.6 Å². The highest BCUT2D eigenvalue weighted by Crippen LogP contribution is 2.27. The van der Waals surface area contributed by atoms with Gasteiger partial charge in [-0.2, -0.15) is 0 Å². The van der Waals surface area contributed by atoms with E-state index >= 15 is 0 Å². The number of amides is 2. The zero-order valence-corrected chi connectivity index (χ0v) is 24.8. The first-order valence-electron chi connectivity index (χ1n) is 13.0. The van der Waals surface area contributed by atoms with E-state index in [-0.39, 0.29) is 17.3 Å². The number of aryl methyl sites for hydroxylation is 2. The van der Waals surface area contributed by atoms with Crippen LogP contribution in [0.5, 0.6) is 0 Å². The molecule has 0 unspecified atom stereocenters. The number of rotatable bonds is 12. The van der Waals surface area contributed by atoms with Gasteiger partial charge in [-0.15, -0.1) is 11.8 Å². The van der Waals surface area contributed by atoms with E-state index in [4.69, 9.17) is 0 Å². The number of benzene rings is 3. The van der Waals surface area contributed by atoms with Gasteiger partial charge < -0.3 is 10.2 Å². The molecule has 2 amide bonds. The summed E-state index contributed by atoms with van der Waals surface area (Å²) < 4.78 is 29.0. The lowest BCUT2D eigenvalue weighted by Crippen LogP contribution is -2.52. The van der Waals surface area contributed by atoms with E-state index in [0.717, 1.165) is 25.9 Å². The molecule has 3 aromatic rings. The Morgan fingerprint density at radius 3 is 2.13 bits per heavy atom. The number of hydrogen-bond acceptors (Lipinski definition) is 5. The molecule has 0 heterocycles. The Bertz CT molecular complexity index is 1370. The van der Waals surface area contributed by atoms with Crippen molar-refractivity contribution in [3.8, 4) is 0 Å². The summed E-state index contributed by atoms with van der Waals surface area (Å²) in [4.78, 5) is 29.6. The third-order valence-corrected chi connectivity index (χ3v) is 9.12. The second-order valence-corrected chi connectivity index (χ2v) is 12.0. The van der Waals surface area contributed by atoms with Gasteiger partial charge in [0, 0.05) is 18.0 Å². The zero-order valence-electron chi connectivity index (χ0n) is 23.2. The molecular weight excluding hydrogens is 530 g/mol. The van der Waals surface area contributed by atoms with Crippen LogP contribution in [0.3, 0.4) is 0 Å². The van der Waals surface area contributed by atoms with Gasteiger partial charge in [-0.1, -0.05) is 48.9 Å². The van der Waals surface area contributed by atoms with E-state index in [2.05, 4.69) is 5.32 Å². The summed E-state index contributed by atoms with van der Waals surface area (Å²) in [6, 6.07) is 20.6. The van der Waals surface area contributed by atoms with Crippen LogP contribution in [-0.2, 0) is 26.2 Å². The minimum absolute atomic E-state index is 0.0925. The van der Waals surface area contributed by atoms with E-state index in [1.54, 1.807) is 36.4 Å². The molecule has 39 heavy (non-hydrogen) atoms. The first-order chi connectivity index (χ1) is 18.6. The van der Waals surface area contributed by atoms with Crippen molar-refractivity contribution in [2.24, 2.45) is 0 Å². The topological polar surface area (TPSA) is 86.8 Å². The van der Waals surface area contributed by atoms with E-state index in [1.807, 2.05) is 70.3 Å². The predicted molar refractivity (Wildman–Crippen MR) is 158 cm³/mol. The number of nitrogens with zero attached hydrogens (tertiary/aromatic N) is 2. The largest absolute Gasteiger partial charge is 0.355 e. The van der Waals surface area contributed by atoms with Gasteiger partial charge in [0.15, 0.2) is 0 Å². The Hall–Kier alpha value is -3.30. The first-order valence-corrected chi connectivity index (χ1v) is 15.6. The van der Waals surface area contributed by atoms with Crippen LogP contribution in [0, 0.1) is 13.8 Å². The van der Waals surface area contributed by atoms with Gasteiger partial charge in [-0.25, -0.2) is 8.42 Å². The zero-order chi connectivity index (χ0) is 28.6. The quantitative estimate of drug-likeness (QED) is 0.306. The third-order valence-electron chi connectivity index (χ3n) is 6.59. The summed E-state index contributed by atoms with van der Waals surface area (Å²) in [7, 11) is -4.09. The fourth-order valence-corrected chi connectivity index (χ4v) is 6.12. The van der Waals surface area contributed by atoms with Gasteiger partial charge in [-0.3, -0.25) is 13.9 Å². The monoisotopic (exact) mass is 567 g/mol. The number of thioether (sulfide) groups is 1. The van der Waals surface area contributed by atoms with Crippen LogP contribution in [0.4, 0.5) is 5.69 Å². The molecule has 0 fully saturated rings. The molecule has 208 valence electrons. The predicted octanol–water partition coefficient (Wildman–Crippen LogP) is 5.16. The molecule has 1 N–H and O–H groups in total. The molecule has 0 bridgehead atoms. The molecule has 0 aliphatic heterocycles. The number of sulfonamides is 1. The number of anilines is 1. The molecule has 0 spiro atoms. The van der Waals surface area contributed by atoms with E-state index < -0.39 is 28.5 Å². The fraction of sp³-hybridized carbons (Fsp3) is 0.333. The molecule has 0 saturated heterocycles. The Morgan fingerprint density at radius 1 is 0.923 bits per heavy atom. The van der Waals surface area contributed by atoms with E-state index in [1.165, 1.54) is 16.7 Å². The van der Waals surface area contributed by atoms with Gasteiger partial charge in [-0.05, 0) is 81.0 Å². The van der Waals surface area contributed by atoms with Crippen molar-refractivity contribution in [3.05, 3.63) is 89.5 Å². The summed E-state index contributed by atoms with van der Waals surface area (Å²) >= 11 is 1.52. The maximum Gasteiger partial charge on any atom is 0.264 e. The summed E-state index contributed by atoms with van der Waals surface area (Å²) in [5.74, 6) is -0.722. The normalized spacial score (nSPS) is 12.0. The van der Waals surface area contributed by atoms with E-state index in [0.29, 0.717) is 18.7 Å². The molecule has 9 heteroatoms. The maximum absolute atomic E-state index is 14.0. The van der Waals surface area contributed by atoms with E-state index in [9.17, 15) is 18.0 Å². The van der Waals surface area contributed by atoms with Gasteiger partial charge >= 0.3 is 0 Å². The van der Waals surface area contributed by atoms with Crippen LogP contribution < -0.4 is 9.62 Å². The molecule has 7 nitrogen and oxygen atoms in total. The van der Waals surface area contributed by atoms with Crippen molar-refractivity contribution in [1.29, 1.82) is 0 Å². The fourth-order valence-electron chi connectivity index (χ4n) is 4.30. The average Bonchev–Trinajstić information content (AvgIpc) is 2.93. The lowest BCUT2D eigenvalue weighted by atomic mass is 10.1. The minimum Gasteiger partial charge on any atom is -0.355 e. The smallest absolute Gasteiger partial charge is 0.264 e. The number of nitrogens with one attached hydrogen (secondary N) is 1. The Morgan fingerprint density at radius 2 is 1.56 bits per heavy atom. The number of likely N-dealkylation sites (N-methyl/N-ethyl adjacent to an activating group) is 1. The highest BCUT2D eigenvalue weighted by molar-refractivity contribution is 7.98. The molecule has 0 aliphatic rings. The standard InChI is InChI=1S/C30H37N3O4S2/c1-6-28(30(35)31-7-2)32(20-24-11-9-8-10-23(24)4)29(34)21-33(25-14-12-22(3)13-15-25)39(36,37)27-18-16-26(38-5)17-19-27/h8-19,28H,6-7,20-21H2,1-5H3,(H,31,35)/t28-/m0/s1. The van der Waals surface area contributed by atoms with Crippen LogP contribution in [0.2, 0.25) is 0 Å². The van der Waals surface area contributed by atoms with Crippen LogP contribution in [0.1, 0.15) is 37.0 Å². The SMILES string of the molecule is CCNC(=O)[C@H](CC)N(Cc1ccccc1C)C(=O)CN(c1ccc(C)cc1)S(=O)(=O)c1ccc(SC)cc1. The van der Waals surface area contributed by atoms with Crippen LogP contribution in [0.25, 0.3) is 0 Å².